The van der Waals surface area contributed by atoms with Gasteiger partial charge in [0.15, 0.2) is 5.71 Å². The highest BCUT2D eigenvalue weighted by Gasteiger charge is 2.56. The number of anilines is 1. The highest BCUT2D eigenvalue weighted by atomic mass is 16.5. The molecule has 1 saturated heterocycles. The van der Waals surface area contributed by atoms with Crippen LogP contribution >= 0.6 is 0 Å². The minimum atomic E-state index is -0.975. The third-order valence-electron chi connectivity index (χ3n) is 4.94. The monoisotopic (exact) mass is 377 g/mol. The van der Waals surface area contributed by atoms with Gasteiger partial charge in [-0.1, -0.05) is 48.0 Å². The molecule has 0 saturated carbocycles. The SMILES string of the molecule is Cc1ccc(N2C(=O)[C@H]3C(C(=O)OCc4ccccc4)=NN[C@H]3C2=O)c(C)c1. The molecule has 2 aromatic rings. The van der Waals surface area contributed by atoms with E-state index in [9.17, 15) is 14.4 Å². The van der Waals surface area contributed by atoms with E-state index in [1.165, 1.54) is 0 Å². The topological polar surface area (TPSA) is 88.1 Å². The number of esters is 1. The molecule has 4 rings (SSSR count). The number of aryl methyl sites for hydroxylation is 2. The van der Waals surface area contributed by atoms with Gasteiger partial charge in [-0.25, -0.2) is 9.69 Å². The second-order valence-corrected chi connectivity index (χ2v) is 6.95. The van der Waals surface area contributed by atoms with Gasteiger partial charge in [0.25, 0.3) is 5.91 Å². The molecule has 7 heteroatoms. The number of rotatable bonds is 4. The third-order valence-corrected chi connectivity index (χ3v) is 4.94. The van der Waals surface area contributed by atoms with E-state index < -0.39 is 29.7 Å². The van der Waals surface area contributed by atoms with E-state index in [4.69, 9.17) is 4.74 Å². The first-order valence-corrected chi connectivity index (χ1v) is 8.96. The van der Waals surface area contributed by atoms with E-state index in [1.807, 2.05) is 56.3 Å². The highest BCUT2D eigenvalue weighted by Crippen LogP contribution is 2.33. The fourth-order valence-corrected chi connectivity index (χ4v) is 3.55. The van der Waals surface area contributed by atoms with E-state index in [2.05, 4.69) is 10.5 Å². The predicted octanol–water partition coefficient (Wildman–Crippen LogP) is 1.86. The Labute approximate surface area is 162 Å². The van der Waals surface area contributed by atoms with Gasteiger partial charge in [-0.3, -0.25) is 15.0 Å². The molecule has 2 amide bonds. The summed E-state index contributed by atoms with van der Waals surface area (Å²) in [5.41, 5.74) is 5.76. The smallest absolute Gasteiger partial charge is 0.355 e. The van der Waals surface area contributed by atoms with Crippen molar-refractivity contribution in [3.63, 3.8) is 0 Å². The summed E-state index contributed by atoms with van der Waals surface area (Å²) in [4.78, 5) is 39.4. The second kappa shape index (κ2) is 6.92. The first-order valence-electron chi connectivity index (χ1n) is 8.96. The maximum Gasteiger partial charge on any atom is 0.355 e. The number of amides is 2. The van der Waals surface area contributed by atoms with Crippen LogP contribution in [0.3, 0.4) is 0 Å². The lowest BCUT2D eigenvalue weighted by atomic mass is 9.99. The Balaban J connectivity index is 1.54. The Morgan fingerprint density at radius 2 is 1.86 bits per heavy atom. The second-order valence-electron chi connectivity index (χ2n) is 6.95. The number of nitrogens with zero attached hydrogens (tertiary/aromatic N) is 2. The van der Waals surface area contributed by atoms with Gasteiger partial charge >= 0.3 is 5.97 Å². The molecule has 28 heavy (non-hydrogen) atoms. The summed E-state index contributed by atoms with van der Waals surface area (Å²) in [7, 11) is 0. The lowest BCUT2D eigenvalue weighted by Crippen LogP contribution is -2.36. The molecule has 0 spiro atoms. The van der Waals surface area contributed by atoms with Crippen molar-refractivity contribution in [2.45, 2.75) is 26.5 Å². The first-order chi connectivity index (χ1) is 13.5. The molecule has 2 aliphatic rings. The standard InChI is InChI=1S/C21H19N3O4/c1-12-8-9-15(13(2)10-12)24-19(25)16-17(20(24)26)22-23-18(16)21(27)28-11-14-6-4-3-5-7-14/h3-10,16-17,22H,11H2,1-2H3/t16-,17-/m1/s1. The van der Waals surface area contributed by atoms with E-state index in [-0.39, 0.29) is 12.3 Å². The van der Waals surface area contributed by atoms with Crippen molar-refractivity contribution < 1.29 is 19.1 Å². The fourth-order valence-electron chi connectivity index (χ4n) is 3.55. The number of carbonyl (C=O) groups excluding carboxylic acids is 3. The summed E-state index contributed by atoms with van der Waals surface area (Å²) in [6.45, 7) is 3.85. The van der Waals surface area contributed by atoms with Gasteiger partial charge < -0.3 is 4.74 Å². The van der Waals surface area contributed by atoms with Crippen LogP contribution in [0.15, 0.2) is 53.6 Å². The number of benzene rings is 2. The van der Waals surface area contributed by atoms with E-state index in [0.717, 1.165) is 21.6 Å². The van der Waals surface area contributed by atoms with Gasteiger partial charge in [0.1, 0.15) is 18.6 Å². The van der Waals surface area contributed by atoms with Crippen molar-refractivity contribution >= 4 is 29.2 Å². The van der Waals surface area contributed by atoms with Crippen molar-refractivity contribution in [1.82, 2.24) is 5.43 Å². The predicted molar refractivity (Wildman–Crippen MR) is 102 cm³/mol. The van der Waals surface area contributed by atoms with Gasteiger partial charge in [0, 0.05) is 0 Å². The zero-order chi connectivity index (χ0) is 19.8. The molecule has 0 aromatic heterocycles. The van der Waals surface area contributed by atoms with Gasteiger partial charge in [-0.15, -0.1) is 0 Å². The van der Waals surface area contributed by atoms with Crippen LogP contribution in [-0.2, 0) is 25.7 Å². The Kier molecular flexibility index (Phi) is 4.43. The van der Waals surface area contributed by atoms with Gasteiger partial charge in [-0.2, -0.15) is 5.10 Å². The first kappa shape index (κ1) is 17.9. The highest BCUT2D eigenvalue weighted by molar-refractivity contribution is 6.46. The summed E-state index contributed by atoms with van der Waals surface area (Å²) < 4.78 is 5.29. The number of hydrazone groups is 1. The number of carbonyl (C=O) groups is 3. The molecule has 1 fully saturated rings. The van der Waals surface area contributed by atoms with E-state index in [1.54, 1.807) is 6.07 Å². The molecule has 1 N–H and O–H groups in total. The maximum atomic E-state index is 13.0. The molecule has 2 aliphatic heterocycles. The number of nitrogens with one attached hydrogen (secondary N) is 1. The van der Waals surface area contributed by atoms with Crippen molar-refractivity contribution in [1.29, 1.82) is 0 Å². The Morgan fingerprint density at radius 1 is 1.11 bits per heavy atom. The summed E-state index contributed by atoms with van der Waals surface area (Å²) >= 11 is 0. The number of ether oxygens (including phenoxy) is 1. The van der Waals surface area contributed by atoms with Crippen molar-refractivity contribution in [3.8, 4) is 0 Å². The molecule has 2 heterocycles. The molecule has 0 unspecified atom stereocenters. The lowest BCUT2D eigenvalue weighted by Gasteiger charge is -2.18. The minimum absolute atomic E-state index is 0.0634. The molecule has 0 bridgehead atoms. The molecule has 7 nitrogen and oxygen atoms in total. The van der Waals surface area contributed by atoms with Crippen LogP contribution < -0.4 is 10.3 Å². The van der Waals surface area contributed by atoms with Gasteiger partial charge in [0.05, 0.1) is 5.69 Å². The summed E-state index contributed by atoms with van der Waals surface area (Å²) in [5.74, 6) is -2.57. The average Bonchev–Trinajstić information content (AvgIpc) is 3.22. The Hall–Kier alpha value is -3.48. The quantitative estimate of drug-likeness (QED) is 0.649. The van der Waals surface area contributed by atoms with Crippen molar-refractivity contribution in [3.05, 3.63) is 65.2 Å². The molecule has 0 radical (unpaired) electrons. The zero-order valence-corrected chi connectivity index (χ0v) is 15.5. The van der Waals surface area contributed by atoms with Crippen LogP contribution in [0.2, 0.25) is 0 Å². The Morgan fingerprint density at radius 3 is 2.57 bits per heavy atom. The number of fused-ring (bicyclic) bond motifs is 1. The number of imide groups is 1. The average molecular weight is 377 g/mol. The normalized spacial score (nSPS) is 20.6. The van der Waals surface area contributed by atoms with Crippen LogP contribution in [0, 0.1) is 19.8 Å². The van der Waals surface area contributed by atoms with Crippen LogP contribution in [0.25, 0.3) is 0 Å². The fraction of sp³-hybridized carbons (Fsp3) is 0.238. The largest absolute Gasteiger partial charge is 0.456 e. The summed E-state index contributed by atoms with van der Waals surface area (Å²) in [5, 5.41) is 3.92. The summed E-state index contributed by atoms with van der Waals surface area (Å²) in [6, 6.07) is 13.8. The number of hydrogen-bond donors (Lipinski definition) is 1. The van der Waals surface area contributed by atoms with E-state index in [0.29, 0.717) is 5.69 Å². The number of hydrogen-bond acceptors (Lipinski definition) is 6. The van der Waals surface area contributed by atoms with Crippen molar-refractivity contribution in [2.24, 2.45) is 11.0 Å². The zero-order valence-electron chi connectivity index (χ0n) is 15.5. The van der Waals surface area contributed by atoms with Gasteiger partial charge in [-0.05, 0) is 31.0 Å². The third kappa shape index (κ3) is 2.94. The molecule has 142 valence electrons. The van der Waals surface area contributed by atoms with Crippen LogP contribution in [0.5, 0.6) is 0 Å². The lowest BCUT2D eigenvalue weighted by molar-refractivity contribution is -0.137. The summed E-state index contributed by atoms with van der Waals surface area (Å²) in [6.07, 6.45) is 0. The van der Waals surface area contributed by atoms with Crippen molar-refractivity contribution in [2.75, 3.05) is 4.90 Å². The Bertz CT molecular complexity index is 1000. The minimum Gasteiger partial charge on any atom is -0.456 e. The van der Waals surface area contributed by atoms with Crippen LogP contribution in [-0.4, -0.2) is 29.5 Å². The van der Waals surface area contributed by atoms with Crippen LogP contribution in [0.1, 0.15) is 16.7 Å². The molecule has 2 aromatic carbocycles. The van der Waals surface area contributed by atoms with Gasteiger partial charge in [0.2, 0.25) is 5.91 Å². The molecular weight excluding hydrogens is 358 g/mol. The van der Waals surface area contributed by atoms with Crippen LogP contribution in [0.4, 0.5) is 5.69 Å². The maximum absolute atomic E-state index is 13.0. The van der Waals surface area contributed by atoms with E-state index >= 15 is 0 Å². The molecule has 0 aliphatic carbocycles. The molecular formula is C21H19N3O4. The molecule has 2 atom stereocenters.